The van der Waals surface area contributed by atoms with Gasteiger partial charge < -0.3 is 5.32 Å². The Morgan fingerprint density at radius 2 is 1.68 bits per heavy atom. The van der Waals surface area contributed by atoms with E-state index in [1.54, 1.807) is 24.3 Å². The Labute approximate surface area is 169 Å². The molecule has 0 heterocycles. The summed E-state index contributed by atoms with van der Waals surface area (Å²) in [5, 5.41) is 3.87. The van der Waals surface area contributed by atoms with Crippen LogP contribution < -0.4 is 5.32 Å². The quantitative estimate of drug-likeness (QED) is 0.472. The van der Waals surface area contributed by atoms with Gasteiger partial charge in [0.05, 0.1) is 10.9 Å². The molecule has 8 heteroatoms. The van der Waals surface area contributed by atoms with Gasteiger partial charge in [-0.1, -0.05) is 34.8 Å². The van der Waals surface area contributed by atoms with Crippen molar-refractivity contribution in [2.45, 2.75) is 10.3 Å². The summed E-state index contributed by atoms with van der Waals surface area (Å²) in [6.45, 7) is 0. The Balaban J connectivity index is 1.82. The fraction of sp³-hybridized carbons (Fsp3) is 0.176. The number of carbonyl (C=O) groups is 2. The fourth-order valence-corrected chi connectivity index (χ4v) is 4.29. The van der Waals surface area contributed by atoms with Crippen LogP contribution in [0.3, 0.4) is 0 Å². The van der Waals surface area contributed by atoms with Gasteiger partial charge in [0.2, 0.25) is 5.91 Å². The van der Waals surface area contributed by atoms with Gasteiger partial charge >= 0.3 is 0 Å². The third-order valence-corrected chi connectivity index (χ3v) is 5.69. The summed E-state index contributed by atoms with van der Waals surface area (Å²) < 4.78 is -1.27. The summed E-state index contributed by atoms with van der Waals surface area (Å²) in [5.41, 5.74) is 1.39. The van der Waals surface area contributed by atoms with Crippen LogP contribution in [0.2, 0.25) is 15.1 Å². The van der Waals surface area contributed by atoms with E-state index < -0.39 is 16.2 Å². The average Bonchev–Trinajstić information content (AvgIpc) is 3.11. The lowest BCUT2D eigenvalue weighted by atomic mass is 10.1. The number of hydrogen-bond donors (Lipinski definition) is 1. The normalized spacial score (nSPS) is 20.8. The van der Waals surface area contributed by atoms with Crippen molar-refractivity contribution in [2.75, 3.05) is 5.32 Å². The Morgan fingerprint density at radius 3 is 2.28 bits per heavy atom. The molecule has 1 amide bonds. The van der Waals surface area contributed by atoms with Gasteiger partial charge in [0.15, 0.2) is 6.29 Å². The van der Waals surface area contributed by atoms with Crippen molar-refractivity contribution in [3.63, 3.8) is 0 Å². The molecule has 0 bridgehead atoms. The van der Waals surface area contributed by atoms with E-state index in [0.717, 1.165) is 0 Å². The van der Waals surface area contributed by atoms with Crippen LogP contribution >= 0.6 is 58.0 Å². The SMILES string of the molecule is O=Cc1cc(NC(=O)C2C(c3cc(Cl)cc(Cl)c3)C2(Cl)Cl)ccc1Cl. The molecule has 0 spiro atoms. The molecule has 2 atom stereocenters. The molecule has 1 aliphatic rings. The Hall–Kier alpha value is -0.970. The highest BCUT2D eigenvalue weighted by Crippen LogP contribution is 2.65. The molecule has 130 valence electrons. The maximum absolute atomic E-state index is 12.6. The monoisotopic (exact) mass is 435 g/mol. The second-order valence-corrected chi connectivity index (χ2v) is 8.40. The Bertz CT molecular complexity index is 848. The van der Waals surface area contributed by atoms with Gasteiger partial charge in [0.25, 0.3) is 0 Å². The molecule has 1 saturated carbocycles. The van der Waals surface area contributed by atoms with Crippen LogP contribution in [-0.4, -0.2) is 16.5 Å². The van der Waals surface area contributed by atoms with Crippen molar-refractivity contribution in [2.24, 2.45) is 5.92 Å². The molecule has 2 aromatic rings. The van der Waals surface area contributed by atoms with Crippen LogP contribution in [0.1, 0.15) is 21.8 Å². The summed E-state index contributed by atoms with van der Waals surface area (Å²) in [6.07, 6.45) is 0.610. The molecule has 3 rings (SSSR count). The minimum Gasteiger partial charge on any atom is -0.326 e. The van der Waals surface area contributed by atoms with Crippen LogP contribution in [0.4, 0.5) is 5.69 Å². The van der Waals surface area contributed by atoms with Crippen molar-refractivity contribution in [1.82, 2.24) is 0 Å². The first kappa shape index (κ1) is 18.8. The smallest absolute Gasteiger partial charge is 0.231 e. The summed E-state index contributed by atoms with van der Waals surface area (Å²) in [7, 11) is 0. The van der Waals surface area contributed by atoms with Crippen molar-refractivity contribution in [3.8, 4) is 0 Å². The number of nitrogens with one attached hydrogen (secondary N) is 1. The standard InChI is InChI=1S/C17H10Cl5NO2/c18-10-3-8(4-11(19)6-10)14-15(17(14,21)22)16(25)23-12-1-2-13(20)9(5-12)7-24/h1-7,14-15H,(H,23,25). The summed E-state index contributed by atoms with van der Waals surface area (Å²) in [5.74, 6) is -1.49. The van der Waals surface area contributed by atoms with Gasteiger partial charge in [-0.15, -0.1) is 23.2 Å². The summed E-state index contributed by atoms with van der Waals surface area (Å²) in [6, 6.07) is 9.53. The second-order valence-electron chi connectivity index (χ2n) is 5.68. The molecular weight excluding hydrogens is 427 g/mol. The van der Waals surface area contributed by atoms with E-state index in [-0.39, 0.29) is 11.5 Å². The number of amides is 1. The molecule has 2 unspecified atom stereocenters. The van der Waals surface area contributed by atoms with Crippen LogP contribution in [0.5, 0.6) is 0 Å². The Morgan fingerprint density at radius 1 is 1.04 bits per heavy atom. The number of anilines is 1. The molecule has 0 aliphatic heterocycles. The number of halogens is 5. The number of carbonyl (C=O) groups excluding carboxylic acids is 2. The zero-order valence-electron chi connectivity index (χ0n) is 12.4. The van der Waals surface area contributed by atoms with Gasteiger partial charge in [-0.05, 0) is 42.0 Å². The predicted octanol–water partition coefficient (Wildman–Crippen LogP) is 5.99. The molecule has 3 nitrogen and oxygen atoms in total. The first-order valence-electron chi connectivity index (χ1n) is 7.13. The van der Waals surface area contributed by atoms with Gasteiger partial charge in [0, 0.05) is 27.2 Å². The first-order chi connectivity index (χ1) is 11.7. The molecule has 0 saturated heterocycles. The lowest BCUT2D eigenvalue weighted by molar-refractivity contribution is -0.117. The van der Waals surface area contributed by atoms with Crippen molar-refractivity contribution in [3.05, 3.63) is 62.6 Å². The summed E-state index contributed by atoms with van der Waals surface area (Å²) in [4.78, 5) is 23.5. The number of benzene rings is 2. The van der Waals surface area contributed by atoms with Crippen molar-refractivity contribution in [1.29, 1.82) is 0 Å². The van der Waals surface area contributed by atoms with Gasteiger partial charge in [0.1, 0.15) is 4.33 Å². The third kappa shape index (κ3) is 3.76. The van der Waals surface area contributed by atoms with Crippen LogP contribution in [0.15, 0.2) is 36.4 Å². The second kappa shape index (κ2) is 6.98. The van der Waals surface area contributed by atoms with Gasteiger partial charge in [-0.2, -0.15) is 0 Å². The third-order valence-electron chi connectivity index (χ3n) is 3.97. The maximum Gasteiger partial charge on any atom is 0.231 e. The van der Waals surface area contributed by atoms with Gasteiger partial charge in [-0.3, -0.25) is 9.59 Å². The molecule has 1 fully saturated rings. The fourth-order valence-electron chi connectivity index (χ4n) is 2.75. The zero-order valence-corrected chi connectivity index (χ0v) is 16.2. The highest BCUT2D eigenvalue weighted by atomic mass is 35.5. The molecule has 1 aliphatic carbocycles. The van der Waals surface area contributed by atoms with Crippen molar-refractivity contribution >= 4 is 75.9 Å². The minimum atomic E-state index is -1.27. The van der Waals surface area contributed by atoms with E-state index in [9.17, 15) is 9.59 Å². The maximum atomic E-state index is 12.6. The number of rotatable bonds is 4. The number of aldehydes is 1. The number of hydrogen-bond acceptors (Lipinski definition) is 2. The summed E-state index contributed by atoms with van der Waals surface area (Å²) >= 11 is 30.5. The minimum absolute atomic E-state index is 0.274. The van der Waals surface area contributed by atoms with E-state index >= 15 is 0 Å². The van der Waals surface area contributed by atoms with Crippen molar-refractivity contribution < 1.29 is 9.59 Å². The first-order valence-corrected chi connectivity index (χ1v) is 9.02. The van der Waals surface area contributed by atoms with E-state index in [2.05, 4.69) is 5.32 Å². The molecule has 0 radical (unpaired) electrons. The zero-order chi connectivity index (χ0) is 18.4. The molecule has 0 aromatic heterocycles. The number of alkyl halides is 2. The van der Waals surface area contributed by atoms with Crippen LogP contribution in [0.25, 0.3) is 0 Å². The predicted molar refractivity (Wildman–Crippen MR) is 103 cm³/mol. The average molecular weight is 438 g/mol. The van der Waals surface area contributed by atoms with Crippen LogP contribution in [0, 0.1) is 5.92 Å². The molecule has 2 aromatic carbocycles. The highest BCUT2D eigenvalue weighted by molar-refractivity contribution is 6.53. The van der Waals surface area contributed by atoms with Crippen LogP contribution in [-0.2, 0) is 4.79 Å². The lowest BCUT2D eigenvalue weighted by Crippen LogP contribution is -2.17. The van der Waals surface area contributed by atoms with E-state index in [1.165, 1.54) is 12.1 Å². The van der Waals surface area contributed by atoms with E-state index in [4.69, 9.17) is 58.0 Å². The van der Waals surface area contributed by atoms with E-state index in [1.807, 2.05) is 0 Å². The molecular formula is C17H10Cl5NO2. The van der Waals surface area contributed by atoms with E-state index in [0.29, 0.717) is 32.6 Å². The Kier molecular flexibility index (Phi) is 5.25. The van der Waals surface area contributed by atoms with Gasteiger partial charge in [-0.25, -0.2) is 0 Å². The highest BCUT2D eigenvalue weighted by Gasteiger charge is 2.67. The lowest BCUT2D eigenvalue weighted by Gasteiger charge is -2.07. The molecule has 25 heavy (non-hydrogen) atoms. The largest absolute Gasteiger partial charge is 0.326 e. The molecule has 1 N–H and O–H groups in total. The topological polar surface area (TPSA) is 46.2 Å².